The predicted octanol–water partition coefficient (Wildman–Crippen LogP) is 1.30. The minimum atomic E-state index is 0.908. The van der Waals surface area contributed by atoms with E-state index in [1.807, 2.05) is 0 Å². The molecule has 0 fully saturated rings. The first kappa shape index (κ1) is 11.9. The van der Waals surface area contributed by atoms with Crippen LogP contribution < -0.4 is 0 Å². The van der Waals surface area contributed by atoms with E-state index in [4.69, 9.17) is 0 Å². The number of likely N-dealkylation sites (N-methyl/N-ethyl adjacent to an activating group) is 2. The van der Waals surface area contributed by atoms with Crippen LogP contribution in [0, 0.1) is 13.8 Å². The zero-order valence-corrected chi connectivity index (χ0v) is 8.55. The molecule has 0 aromatic carbocycles. The van der Waals surface area contributed by atoms with Gasteiger partial charge in [-0.25, -0.2) is 0 Å². The molecule has 2 nitrogen and oxygen atoms in total. The average molecular weight is 170 g/mol. The van der Waals surface area contributed by atoms with Crippen molar-refractivity contribution in [3.05, 3.63) is 13.8 Å². The van der Waals surface area contributed by atoms with E-state index in [0.29, 0.717) is 0 Å². The molecule has 0 rings (SSSR count). The Morgan fingerprint density at radius 2 is 1.17 bits per heavy atom. The highest BCUT2D eigenvalue weighted by Gasteiger charge is 2.02. The van der Waals surface area contributed by atoms with Crippen LogP contribution in [0.5, 0.6) is 0 Å². The van der Waals surface area contributed by atoms with Gasteiger partial charge in [-0.3, -0.25) is 0 Å². The summed E-state index contributed by atoms with van der Waals surface area (Å²) in [6, 6.07) is 0. The highest BCUT2D eigenvalue weighted by molar-refractivity contribution is 4.62. The molecule has 12 heavy (non-hydrogen) atoms. The standard InChI is InChI=1S/C10H22N2/c1-5-11(6-2)9-10-12(7-3)8-4/h1,3,5-10H2,2,4H3. The van der Waals surface area contributed by atoms with E-state index in [-0.39, 0.29) is 0 Å². The molecule has 0 saturated heterocycles. The smallest absolute Gasteiger partial charge is 0.0109 e. The maximum Gasteiger partial charge on any atom is 0.0109 e. The van der Waals surface area contributed by atoms with E-state index >= 15 is 0 Å². The van der Waals surface area contributed by atoms with E-state index in [1.165, 1.54) is 0 Å². The third kappa shape index (κ3) is 4.73. The zero-order chi connectivity index (χ0) is 9.40. The topological polar surface area (TPSA) is 6.48 Å². The van der Waals surface area contributed by atoms with Crippen LogP contribution in [0.3, 0.4) is 0 Å². The zero-order valence-electron chi connectivity index (χ0n) is 8.55. The van der Waals surface area contributed by atoms with Gasteiger partial charge < -0.3 is 9.80 Å². The van der Waals surface area contributed by atoms with E-state index in [0.717, 1.165) is 39.3 Å². The normalized spacial score (nSPS) is 11.5. The Morgan fingerprint density at radius 3 is 1.33 bits per heavy atom. The van der Waals surface area contributed by atoms with Crippen molar-refractivity contribution in [3.63, 3.8) is 0 Å². The van der Waals surface area contributed by atoms with Crippen molar-refractivity contribution in [1.29, 1.82) is 0 Å². The molecule has 0 aromatic rings. The summed E-state index contributed by atoms with van der Waals surface area (Å²) in [6.45, 7) is 18.3. The fraction of sp³-hybridized carbons (Fsp3) is 0.800. The minimum absolute atomic E-state index is 0.908. The second-order valence-electron chi connectivity index (χ2n) is 2.87. The SMILES string of the molecule is [CH2]CN(CC)CCN(C[CH2])CC. The quantitative estimate of drug-likeness (QED) is 0.568. The van der Waals surface area contributed by atoms with Crippen molar-refractivity contribution in [3.8, 4) is 0 Å². The summed E-state index contributed by atoms with van der Waals surface area (Å²) in [7, 11) is 0. The molecule has 0 heterocycles. The first-order chi connectivity index (χ1) is 5.78. The van der Waals surface area contributed by atoms with Crippen molar-refractivity contribution < 1.29 is 0 Å². The molecule has 0 aliphatic carbocycles. The third-order valence-corrected chi connectivity index (χ3v) is 2.26. The van der Waals surface area contributed by atoms with Gasteiger partial charge in [0.05, 0.1) is 0 Å². The molecule has 0 atom stereocenters. The predicted molar refractivity (Wildman–Crippen MR) is 54.9 cm³/mol. The second-order valence-corrected chi connectivity index (χ2v) is 2.87. The first-order valence-corrected chi connectivity index (χ1v) is 4.81. The molecule has 0 spiro atoms. The molecule has 72 valence electrons. The second kappa shape index (κ2) is 7.56. The highest BCUT2D eigenvalue weighted by Crippen LogP contribution is 1.90. The number of hydrogen-bond donors (Lipinski definition) is 0. The summed E-state index contributed by atoms with van der Waals surface area (Å²) in [5.41, 5.74) is 0. The molecule has 0 aromatic heterocycles. The fourth-order valence-electron chi connectivity index (χ4n) is 1.14. The summed E-state index contributed by atoms with van der Waals surface area (Å²) in [5, 5.41) is 0. The van der Waals surface area contributed by atoms with Crippen LogP contribution in [-0.2, 0) is 0 Å². The lowest BCUT2D eigenvalue weighted by Gasteiger charge is -2.23. The van der Waals surface area contributed by atoms with Crippen LogP contribution in [0.15, 0.2) is 0 Å². The summed E-state index contributed by atoms with van der Waals surface area (Å²) in [5.74, 6) is 0. The van der Waals surface area contributed by atoms with E-state index < -0.39 is 0 Å². The van der Waals surface area contributed by atoms with Crippen LogP contribution >= 0.6 is 0 Å². The molecule has 0 saturated carbocycles. The molecule has 0 aliphatic heterocycles. The fourth-order valence-corrected chi connectivity index (χ4v) is 1.14. The van der Waals surface area contributed by atoms with Gasteiger partial charge in [0.1, 0.15) is 0 Å². The van der Waals surface area contributed by atoms with Gasteiger partial charge in [-0.05, 0) is 40.0 Å². The van der Waals surface area contributed by atoms with E-state index in [1.54, 1.807) is 0 Å². The van der Waals surface area contributed by atoms with Crippen LogP contribution in [0.25, 0.3) is 0 Å². The van der Waals surface area contributed by atoms with Gasteiger partial charge in [-0.1, -0.05) is 13.8 Å². The molecule has 0 bridgehead atoms. The van der Waals surface area contributed by atoms with E-state index in [2.05, 4.69) is 37.5 Å². The Bertz CT molecular complexity index is 73.8. The maximum atomic E-state index is 3.88. The van der Waals surface area contributed by atoms with Crippen molar-refractivity contribution in [1.82, 2.24) is 9.80 Å². The molecular formula is C10H22N2. The van der Waals surface area contributed by atoms with Crippen LogP contribution in [0.2, 0.25) is 0 Å². The van der Waals surface area contributed by atoms with Gasteiger partial charge in [0.15, 0.2) is 0 Å². The lowest BCUT2D eigenvalue weighted by atomic mass is 10.4. The third-order valence-electron chi connectivity index (χ3n) is 2.26. The molecule has 0 unspecified atom stereocenters. The van der Waals surface area contributed by atoms with Gasteiger partial charge in [-0.2, -0.15) is 0 Å². The van der Waals surface area contributed by atoms with Crippen LogP contribution in [0.1, 0.15) is 13.8 Å². The Morgan fingerprint density at radius 1 is 0.833 bits per heavy atom. The largest absolute Gasteiger partial charge is 0.302 e. The summed E-state index contributed by atoms with van der Waals surface area (Å²) >= 11 is 0. The van der Waals surface area contributed by atoms with Crippen molar-refractivity contribution >= 4 is 0 Å². The summed E-state index contributed by atoms with van der Waals surface area (Å²) in [6.07, 6.45) is 0. The average Bonchev–Trinajstić information content (AvgIpc) is 2.13. The molecule has 0 aliphatic rings. The van der Waals surface area contributed by atoms with Crippen LogP contribution in [-0.4, -0.2) is 49.1 Å². The molecule has 0 amide bonds. The Balaban J connectivity index is 3.49. The lowest BCUT2D eigenvalue weighted by molar-refractivity contribution is 0.239. The van der Waals surface area contributed by atoms with Crippen LogP contribution in [0.4, 0.5) is 0 Å². The summed E-state index contributed by atoms with van der Waals surface area (Å²) in [4.78, 5) is 4.66. The monoisotopic (exact) mass is 170 g/mol. The Labute approximate surface area is 77.5 Å². The van der Waals surface area contributed by atoms with Gasteiger partial charge in [0.25, 0.3) is 0 Å². The van der Waals surface area contributed by atoms with Gasteiger partial charge in [0.2, 0.25) is 0 Å². The van der Waals surface area contributed by atoms with E-state index in [9.17, 15) is 0 Å². The maximum absolute atomic E-state index is 3.88. The molecule has 0 N–H and O–H groups in total. The minimum Gasteiger partial charge on any atom is -0.302 e. The first-order valence-electron chi connectivity index (χ1n) is 4.81. The Kier molecular flexibility index (Phi) is 7.51. The molecule has 2 radical (unpaired) electrons. The summed E-state index contributed by atoms with van der Waals surface area (Å²) < 4.78 is 0. The molecule has 2 heteroatoms. The highest BCUT2D eigenvalue weighted by atomic mass is 15.2. The van der Waals surface area contributed by atoms with Crippen molar-refractivity contribution in [2.45, 2.75) is 13.8 Å². The number of nitrogens with zero attached hydrogens (tertiary/aromatic N) is 2. The van der Waals surface area contributed by atoms with Gasteiger partial charge in [-0.15, -0.1) is 0 Å². The van der Waals surface area contributed by atoms with Crippen molar-refractivity contribution in [2.24, 2.45) is 0 Å². The lowest BCUT2D eigenvalue weighted by Crippen LogP contribution is -2.34. The number of rotatable bonds is 7. The van der Waals surface area contributed by atoms with Crippen molar-refractivity contribution in [2.75, 3.05) is 39.3 Å². The number of hydrogen-bond acceptors (Lipinski definition) is 2. The van der Waals surface area contributed by atoms with Gasteiger partial charge >= 0.3 is 0 Å². The Hall–Kier alpha value is -0.0800. The van der Waals surface area contributed by atoms with Gasteiger partial charge in [0, 0.05) is 13.1 Å². The molecular weight excluding hydrogens is 148 g/mol.